The van der Waals surface area contributed by atoms with Crippen LogP contribution < -0.4 is 4.74 Å². The number of halogens is 1. The molecule has 1 saturated heterocycles. The zero-order chi connectivity index (χ0) is 14.5. The summed E-state index contributed by atoms with van der Waals surface area (Å²) in [6, 6.07) is 4.20. The lowest BCUT2D eigenvalue weighted by atomic mass is 10.2. The number of carbonyl (C=O) groups excluding carboxylic acids is 1. The summed E-state index contributed by atoms with van der Waals surface area (Å²) in [7, 11) is 2.01. The third-order valence-electron chi connectivity index (χ3n) is 3.39. The van der Waals surface area contributed by atoms with Crippen LogP contribution in [0.3, 0.4) is 0 Å². The van der Waals surface area contributed by atoms with Crippen molar-refractivity contribution in [3.8, 4) is 5.75 Å². The van der Waals surface area contributed by atoms with Gasteiger partial charge in [-0.3, -0.25) is 4.79 Å². The van der Waals surface area contributed by atoms with Crippen molar-refractivity contribution < 1.29 is 19.0 Å². The normalized spacial score (nSPS) is 16.2. The van der Waals surface area contributed by atoms with Gasteiger partial charge in [-0.2, -0.15) is 0 Å². The summed E-state index contributed by atoms with van der Waals surface area (Å²) in [4.78, 5) is 15.8. The number of amides is 1. The largest absolute Gasteiger partial charge is 0.481 e. The van der Waals surface area contributed by atoms with E-state index >= 15 is 0 Å². The van der Waals surface area contributed by atoms with Crippen molar-refractivity contribution in [3.63, 3.8) is 0 Å². The molecule has 2 rings (SSSR count). The molecule has 1 fully saturated rings. The second kappa shape index (κ2) is 6.67. The van der Waals surface area contributed by atoms with Crippen LogP contribution in [0.4, 0.5) is 4.39 Å². The molecule has 1 N–H and O–H groups in total. The molecule has 1 aromatic carbocycles. The van der Waals surface area contributed by atoms with Crippen LogP contribution in [-0.4, -0.2) is 60.6 Å². The Morgan fingerprint density at radius 3 is 2.65 bits per heavy atom. The summed E-state index contributed by atoms with van der Waals surface area (Å²) < 4.78 is 18.8. The van der Waals surface area contributed by atoms with E-state index in [0.29, 0.717) is 18.7 Å². The Balaban J connectivity index is 1.87. The lowest BCUT2D eigenvalue weighted by Gasteiger charge is -2.32. The zero-order valence-electron chi connectivity index (χ0n) is 11.5. The maximum Gasteiger partial charge on any atom is 0.260 e. The van der Waals surface area contributed by atoms with Gasteiger partial charge < -0.3 is 19.6 Å². The molecule has 1 aromatic rings. The number of aliphatic hydroxyl groups excluding tert-OH is 1. The summed E-state index contributed by atoms with van der Waals surface area (Å²) in [5.74, 6) is -0.670. The van der Waals surface area contributed by atoms with Crippen LogP contribution in [0.15, 0.2) is 18.2 Å². The number of benzene rings is 1. The highest BCUT2D eigenvalue weighted by atomic mass is 19.1. The van der Waals surface area contributed by atoms with Crippen molar-refractivity contribution in [2.75, 3.05) is 39.8 Å². The minimum Gasteiger partial charge on any atom is -0.481 e. The quantitative estimate of drug-likeness (QED) is 0.872. The standard InChI is InChI=1S/C14H19FN2O3/c1-16-4-6-17(7-5-16)14(19)10-20-13-3-2-11(9-18)8-12(13)15/h2-3,8,18H,4-7,9-10H2,1H3. The van der Waals surface area contributed by atoms with E-state index < -0.39 is 5.82 Å². The number of hydrogen-bond acceptors (Lipinski definition) is 4. The van der Waals surface area contributed by atoms with Crippen molar-refractivity contribution in [3.05, 3.63) is 29.6 Å². The Hall–Kier alpha value is -1.66. The molecule has 1 aliphatic heterocycles. The summed E-state index contributed by atoms with van der Waals surface area (Å²) >= 11 is 0. The fraction of sp³-hybridized carbons (Fsp3) is 0.500. The average Bonchev–Trinajstić information content (AvgIpc) is 2.46. The molecule has 1 amide bonds. The van der Waals surface area contributed by atoms with Gasteiger partial charge >= 0.3 is 0 Å². The van der Waals surface area contributed by atoms with Crippen molar-refractivity contribution in [2.24, 2.45) is 0 Å². The van der Waals surface area contributed by atoms with Gasteiger partial charge in [-0.15, -0.1) is 0 Å². The van der Waals surface area contributed by atoms with Gasteiger partial charge in [0.2, 0.25) is 0 Å². The number of hydrogen-bond donors (Lipinski definition) is 1. The van der Waals surface area contributed by atoms with Crippen LogP contribution in [-0.2, 0) is 11.4 Å². The SMILES string of the molecule is CN1CCN(C(=O)COc2ccc(CO)cc2F)CC1. The highest BCUT2D eigenvalue weighted by Crippen LogP contribution is 2.18. The molecule has 0 bridgehead atoms. The molecule has 110 valence electrons. The van der Waals surface area contributed by atoms with Gasteiger partial charge in [0.15, 0.2) is 18.2 Å². The molecule has 5 nitrogen and oxygen atoms in total. The molecule has 0 spiro atoms. The maximum atomic E-state index is 13.6. The third kappa shape index (κ3) is 3.68. The van der Waals surface area contributed by atoms with Crippen LogP contribution in [0.5, 0.6) is 5.75 Å². The van der Waals surface area contributed by atoms with Gasteiger partial charge in [0.05, 0.1) is 6.61 Å². The molecule has 0 radical (unpaired) electrons. The lowest BCUT2D eigenvalue weighted by molar-refractivity contribution is -0.134. The van der Waals surface area contributed by atoms with Gasteiger partial charge in [-0.25, -0.2) is 4.39 Å². The Morgan fingerprint density at radius 2 is 2.05 bits per heavy atom. The van der Waals surface area contributed by atoms with Crippen LogP contribution in [0, 0.1) is 5.82 Å². The first kappa shape index (κ1) is 14.7. The predicted octanol–water partition coefficient (Wildman–Crippen LogP) is 0.471. The molecule has 0 aromatic heterocycles. The van der Waals surface area contributed by atoms with Crippen molar-refractivity contribution in [1.82, 2.24) is 9.80 Å². The molecule has 0 aliphatic carbocycles. The first-order valence-electron chi connectivity index (χ1n) is 6.58. The third-order valence-corrected chi connectivity index (χ3v) is 3.39. The molecule has 1 aliphatic rings. The first-order valence-corrected chi connectivity index (χ1v) is 6.58. The summed E-state index contributed by atoms with van der Waals surface area (Å²) in [5, 5.41) is 8.89. The van der Waals surface area contributed by atoms with Crippen LogP contribution in [0.25, 0.3) is 0 Å². The second-order valence-corrected chi connectivity index (χ2v) is 4.90. The summed E-state index contributed by atoms with van der Waals surface area (Å²) in [5.41, 5.74) is 0.472. The smallest absolute Gasteiger partial charge is 0.260 e. The molecular weight excluding hydrogens is 263 g/mol. The van der Waals surface area contributed by atoms with Crippen LogP contribution in [0.1, 0.15) is 5.56 Å². The average molecular weight is 282 g/mol. The van der Waals surface area contributed by atoms with Gasteiger partial charge in [-0.05, 0) is 24.7 Å². The molecule has 0 atom stereocenters. The van der Waals surface area contributed by atoms with Gasteiger partial charge in [0, 0.05) is 26.2 Å². The minimum atomic E-state index is -0.567. The van der Waals surface area contributed by atoms with Crippen LogP contribution >= 0.6 is 0 Å². The fourth-order valence-electron chi connectivity index (χ4n) is 2.05. The molecule has 1 heterocycles. The Morgan fingerprint density at radius 1 is 1.35 bits per heavy atom. The molecule has 20 heavy (non-hydrogen) atoms. The predicted molar refractivity (Wildman–Crippen MR) is 71.9 cm³/mol. The van der Waals surface area contributed by atoms with E-state index in [-0.39, 0.29) is 24.9 Å². The van der Waals surface area contributed by atoms with Crippen molar-refractivity contribution in [2.45, 2.75) is 6.61 Å². The number of ether oxygens (including phenoxy) is 1. The van der Waals surface area contributed by atoms with Gasteiger partial charge in [0.25, 0.3) is 5.91 Å². The van der Waals surface area contributed by atoms with Gasteiger partial charge in [-0.1, -0.05) is 6.07 Å². The first-order chi connectivity index (χ1) is 9.60. The van der Waals surface area contributed by atoms with E-state index in [1.165, 1.54) is 12.1 Å². The lowest BCUT2D eigenvalue weighted by Crippen LogP contribution is -2.48. The molecule has 0 saturated carbocycles. The maximum absolute atomic E-state index is 13.6. The topological polar surface area (TPSA) is 53.0 Å². The molecular formula is C14H19FN2O3. The van der Waals surface area contributed by atoms with Gasteiger partial charge in [0.1, 0.15) is 0 Å². The number of nitrogens with zero attached hydrogens (tertiary/aromatic N) is 2. The number of likely N-dealkylation sites (N-methyl/N-ethyl adjacent to an activating group) is 1. The monoisotopic (exact) mass is 282 g/mol. The van der Waals surface area contributed by atoms with Crippen molar-refractivity contribution >= 4 is 5.91 Å². The molecule has 0 unspecified atom stereocenters. The minimum absolute atomic E-state index is 0.0321. The van der Waals surface area contributed by atoms with E-state index in [1.807, 2.05) is 7.05 Å². The number of piperazine rings is 1. The number of aliphatic hydroxyl groups is 1. The number of carbonyl (C=O) groups is 1. The van der Waals surface area contributed by atoms with E-state index in [1.54, 1.807) is 11.0 Å². The Bertz CT molecular complexity index is 473. The van der Waals surface area contributed by atoms with E-state index in [9.17, 15) is 9.18 Å². The second-order valence-electron chi connectivity index (χ2n) is 4.90. The van der Waals surface area contributed by atoms with E-state index in [0.717, 1.165) is 13.1 Å². The Kier molecular flexibility index (Phi) is 4.92. The van der Waals surface area contributed by atoms with Crippen LogP contribution in [0.2, 0.25) is 0 Å². The van der Waals surface area contributed by atoms with E-state index in [4.69, 9.17) is 9.84 Å². The highest BCUT2D eigenvalue weighted by molar-refractivity contribution is 5.77. The fourth-order valence-corrected chi connectivity index (χ4v) is 2.05. The van der Waals surface area contributed by atoms with E-state index in [2.05, 4.69) is 4.90 Å². The molecule has 6 heteroatoms. The number of rotatable bonds is 4. The Labute approximate surface area is 117 Å². The summed E-state index contributed by atoms with van der Waals surface area (Å²) in [6.07, 6.45) is 0. The zero-order valence-corrected chi connectivity index (χ0v) is 11.5. The summed E-state index contributed by atoms with van der Waals surface area (Å²) in [6.45, 7) is 2.63. The van der Waals surface area contributed by atoms with Crippen molar-refractivity contribution in [1.29, 1.82) is 0 Å². The highest BCUT2D eigenvalue weighted by Gasteiger charge is 2.19.